The Morgan fingerprint density at radius 2 is 2.24 bits per heavy atom. The minimum atomic E-state index is -3.17. The first kappa shape index (κ1) is 14.6. The molecule has 1 heterocycles. The van der Waals surface area contributed by atoms with Gasteiger partial charge in [-0.2, -0.15) is 0 Å². The summed E-state index contributed by atoms with van der Waals surface area (Å²) in [5.74, 6) is 0.176. The highest BCUT2D eigenvalue weighted by atomic mass is 32.2. The van der Waals surface area contributed by atoms with Crippen LogP contribution in [0.2, 0.25) is 0 Å². The molecule has 0 amide bonds. The second-order valence-corrected chi connectivity index (χ2v) is 6.73. The van der Waals surface area contributed by atoms with E-state index >= 15 is 0 Å². The Labute approximate surface area is 107 Å². The average molecular weight is 276 g/mol. The molecule has 0 saturated carbocycles. The number of thiophene rings is 1. The lowest BCUT2D eigenvalue weighted by molar-refractivity contribution is 0.563. The summed E-state index contributed by atoms with van der Waals surface area (Å²) in [6.07, 6.45) is 0.639. The first-order valence-corrected chi connectivity index (χ1v) is 8.32. The standard InChI is InChI=1S/C11H20N2O2S2/c1-3-12-7-5-9-17(14,15)13-10(2)11-6-4-8-16-11/h4,6,8,10,12-13H,3,5,7,9H2,1-2H3. The van der Waals surface area contributed by atoms with Crippen LogP contribution in [0, 0.1) is 0 Å². The van der Waals surface area contributed by atoms with Crippen molar-refractivity contribution in [2.75, 3.05) is 18.8 Å². The first-order valence-electron chi connectivity index (χ1n) is 5.79. The van der Waals surface area contributed by atoms with Gasteiger partial charge in [0.2, 0.25) is 10.0 Å². The first-order chi connectivity index (χ1) is 8.05. The van der Waals surface area contributed by atoms with Crippen molar-refractivity contribution in [2.24, 2.45) is 0 Å². The van der Waals surface area contributed by atoms with E-state index in [-0.39, 0.29) is 11.8 Å². The van der Waals surface area contributed by atoms with Crippen LogP contribution in [0.1, 0.15) is 31.2 Å². The third kappa shape index (κ3) is 5.63. The number of hydrogen-bond acceptors (Lipinski definition) is 4. The van der Waals surface area contributed by atoms with Gasteiger partial charge in [-0.3, -0.25) is 0 Å². The van der Waals surface area contributed by atoms with Crippen LogP contribution in [0.3, 0.4) is 0 Å². The molecule has 0 bridgehead atoms. The molecule has 98 valence electrons. The van der Waals surface area contributed by atoms with Gasteiger partial charge in [-0.25, -0.2) is 13.1 Å². The summed E-state index contributed by atoms with van der Waals surface area (Å²) < 4.78 is 26.2. The van der Waals surface area contributed by atoms with E-state index in [0.29, 0.717) is 6.42 Å². The molecule has 0 aromatic carbocycles. The Kier molecular flexibility index (Phi) is 6.11. The average Bonchev–Trinajstić information content (AvgIpc) is 2.77. The van der Waals surface area contributed by atoms with Crippen LogP contribution in [0.25, 0.3) is 0 Å². The Balaban J connectivity index is 2.38. The number of sulfonamides is 1. The van der Waals surface area contributed by atoms with Gasteiger partial charge in [0.15, 0.2) is 0 Å². The Morgan fingerprint density at radius 3 is 2.82 bits per heavy atom. The number of hydrogen-bond donors (Lipinski definition) is 2. The van der Waals surface area contributed by atoms with Crippen molar-refractivity contribution in [1.29, 1.82) is 0 Å². The van der Waals surface area contributed by atoms with E-state index in [1.54, 1.807) is 11.3 Å². The van der Waals surface area contributed by atoms with Crippen molar-refractivity contribution in [3.63, 3.8) is 0 Å². The molecule has 1 aromatic rings. The van der Waals surface area contributed by atoms with Gasteiger partial charge >= 0.3 is 0 Å². The normalized spacial score (nSPS) is 13.8. The zero-order valence-corrected chi connectivity index (χ0v) is 11.9. The Bertz CT molecular complexity index is 401. The minimum absolute atomic E-state index is 0.140. The molecule has 2 N–H and O–H groups in total. The van der Waals surface area contributed by atoms with E-state index in [1.165, 1.54) is 0 Å². The molecular formula is C11H20N2O2S2. The van der Waals surface area contributed by atoms with E-state index in [9.17, 15) is 8.42 Å². The molecule has 1 rings (SSSR count). The largest absolute Gasteiger partial charge is 0.317 e. The van der Waals surface area contributed by atoms with Gasteiger partial charge in [-0.05, 0) is 37.9 Å². The second kappa shape index (κ2) is 7.10. The molecule has 6 heteroatoms. The molecule has 1 unspecified atom stereocenters. The predicted molar refractivity (Wildman–Crippen MR) is 72.8 cm³/mol. The van der Waals surface area contributed by atoms with Crippen LogP contribution in [0.4, 0.5) is 0 Å². The third-order valence-electron chi connectivity index (χ3n) is 2.34. The minimum Gasteiger partial charge on any atom is -0.317 e. The van der Waals surface area contributed by atoms with Gasteiger partial charge in [0.1, 0.15) is 0 Å². The zero-order valence-electron chi connectivity index (χ0n) is 10.3. The van der Waals surface area contributed by atoms with Crippen molar-refractivity contribution < 1.29 is 8.42 Å². The maximum Gasteiger partial charge on any atom is 0.212 e. The fourth-order valence-corrected chi connectivity index (χ4v) is 3.60. The third-order valence-corrected chi connectivity index (χ3v) is 4.94. The highest BCUT2D eigenvalue weighted by Crippen LogP contribution is 2.18. The Hall–Kier alpha value is -0.430. The molecule has 0 aliphatic heterocycles. The van der Waals surface area contributed by atoms with Crippen molar-refractivity contribution in [1.82, 2.24) is 10.0 Å². The van der Waals surface area contributed by atoms with Crippen LogP contribution in [0.5, 0.6) is 0 Å². The van der Waals surface area contributed by atoms with E-state index in [4.69, 9.17) is 0 Å². The lowest BCUT2D eigenvalue weighted by atomic mass is 10.3. The molecular weight excluding hydrogens is 256 g/mol. The van der Waals surface area contributed by atoms with Crippen molar-refractivity contribution in [3.05, 3.63) is 22.4 Å². The summed E-state index contributed by atoms with van der Waals surface area (Å²) in [5, 5.41) is 5.06. The maximum absolute atomic E-state index is 11.8. The van der Waals surface area contributed by atoms with Crippen molar-refractivity contribution in [3.8, 4) is 0 Å². The summed E-state index contributed by atoms with van der Waals surface area (Å²) in [4.78, 5) is 1.04. The number of rotatable bonds is 8. The molecule has 17 heavy (non-hydrogen) atoms. The molecule has 0 aliphatic carbocycles. The lowest BCUT2D eigenvalue weighted by Gasteiger charge is -2.12. The molecule has 1 atom stereocenters. The second-order valence-electron chi connectivity index (χ2n) is 3.88. The van der Waals surface area contributed by atoms with Gasteiger partial charge in [-0.1, -0.05) is 13.0 Å². The van der Waals surface area contributed by atoms with Gasteiger partial charge in [-0.15, -0.1) is 11.3 Å². The fourth-order valence-electron chi connectivity index (χ4n) is 1.49. The molecule has 0 fully saturated rings. The smallest absolute Gasteiger partial charge is 0.212 e. The molecule has 1 aromatic heterocycles. The summed E-state index contributed by atoms with van der Waals surface area (Å²) in [6.45, 7) is 5.49. The monoisotopic (exact) mass is 276 g/mol. The summed E-state index contributed by atoms with van der Waals surface area (Å²) in [5.41, 5.74) is 0. The molecule has 0 spiro atoms. The molecule has 0 radical (unpaired) electrons. The van der Waals surface area contributed by atoms with Crippen molar-refractivity contribution in [2.45, 2.75) is 26.3 Å². The van der Waals surface area contributed by atoms with Crippen molar-refractivity contribution >= 4 is 21.4 Å². The van der Waals surface area contributed by atoms with Crippen LogP contribution in [0.15, 0.2) is 17.5 Å². The highest BCUT2D eigenvalue weighted by Gasteiger charge is 2.15. The van der Waals surface area contributed by atoms with Crippen LogP contribution >= 0.6 is 11.3 Å². The van der Waals surface area contributed by atoms with E-state index in [0.717, 1.165) is 18.0 Å². The fraction of sp³-hybridized carbons (Fsp3) is 0.636. The quantitative estimate of drug-likeness (QED) is 0.711. The maximum atomic E-state index is 11.8. The summed E-state index contributed by atoms with van der Waals surface area (Å²) >= 11 is 1.56. The lowest BCUT2D eigenvalue weighted by Crippen LogP contribution is -2.30. The van der Waals surface area contributed by atoms with Gasteiger partial charge in [0.25, 0.3) is 0 Å². The van der Waals surface area contributed by atoms with Crippen LogP contribution in [-0.4, -0.2) is 27.3 Å². The van der Waals surface area contributed by atoms with Gasteiger partial charge in [0.05, 0.1) is 11.8 Å². The Morgan fingerprint density at radius 1 is 1.47 bits per heavy atom. The number of nitrogens with one attached hydrogen (secondary N) is 2. The molecule has 4 nitrogen and oxygen atoms in total. The topological polar surface area (TPSA) is 58.2 Å². The van der Waals surface area contributed by atoms with E-state index in [2.05, 4.69) is 10.0 Å². The summed E-state index contributed by atoms with van der Waals surface area (Å²) in [7, 11) is -3.17. The highest BCUT2D eigenvalue weighted by molar-refractivity contribution is 7.89. The molecule has 0 saturated heterocycles. The summed E-state index contributed by atoms with van der Waals surface area (Å²) in [6, 6.07) is 3.73. The zero-order chi connectivity index (χ0) is 12.7. The van der Waals surface area contributed by atoms with Gasteiger partial charge < -0.3 is 5.32 Å². The SMILES string of the molecule is CCNCCCS(=O)(=O)NC(C)c1cccs1. The van der Waals surface area contributed by atoms with Crippen LogP contribution < -0.4 is 10.0 Å². The van der Waals surface area contributed by atoms with Gasteiger partial charge in [0, 0.05) is 4.88 Å². The van der Waals surface area contributed by atoms with E-state index in [1.807, 2.05) is 31.4 Å². The van der Waals surface area contributed by atoms with E-state index < -0.39 is 10.0 Å². The van der Waals surface area contributed by atoms with Crippen LogP contribution in [-0.2, 0) is 10.0 Å². The molecule has 0 aliphatic rings. The predicted octanol–water partition coefficient (Wildman–Crippen LogP) is 1.73.